The zero-order valence-electron chi connectivity index (χ0n) is 11.0. The van der Waals surface area contributed by atoms with Gasteiger partial charge in [0, 0.05) is 6.54 Å². The molecule has 1 heterocycles. The molecule has 0 aliphatic carbocycles. The maximum absolute atomic E-state index is 9.19. The van der Waals surface area contributed by atoms with Crippen molar-refractivity contribution in [2.75, 3.05) is 0 Å². The molecule has 1 aromatic heterocycles. The SMILES string of the molecule is CCCCCC(C)(C)Cn1c(CO)n[nH]c1=S. The van der Waals surface area contributed by atoms with E-state index in [2.05, 4.69) is 31.0 Å². The van der Waals surface area contributed by atoms with E-state index in [0.717, 1.165) is 6.54 Å². The molecule has 0 unspecified atom stereocenters. The Morgan fingerprint density at radius 3 is 2.71 bits per heavy atom. The van der Waals surface area contributed by atoms with Crippen molar-refractivity contribution in [2.45, 2.75) is 59.6 Å². The Labute approximate surface area is 108 Å². The number of aliphatic hydroxyl groups excluding tert-OH is 1. The van der Waals surface area contributed by atoms with Crippen LogP contribution in [0, 0.1) is 10.2 Å². The predicted octanol–water partition coefficient (Wildman–Crippen LogP) is 3.04. The fourth-order valence-corrected chi connectivity index (χ4v) is 2.21. The van der Waals surface area contributed by atoms with Crippen LogP contribution in [0.15, 0.2) is 0 Å². The molecule has 0 aliphatic heterocycles. The highest BCUT2D eigenvalue weighted by atomic mass is 32.1. The molecule has 0 radical (unpaired) electrons. The van der Waals surface area contributed by atoms with Crippen LogP contribution in [0.4, 0.5) is 0 Å². The van der Waals surface area contributed by atoms with E-state index in [1.54, 1.807) is 0 Å². The van der Waals surface area contributed by atoms with Gasteiger partial charge >= 0.3 is 0 Å². The van der Waals surface area contributed by atoms with Crippen LogP contribution in [0.1, 0.15) is 52.3 Å². The first-order valence-corrected chi connectivity index (χ1v) is 6.66. The summed E-state index contributed by atoms with van der Waals surface area (Å²) in [6, 6.07) is 0. The predicted molar refractivity (Wildman–Crippen MR) is 71.3 cm³/mol. The van der Waals surface area contributed by atoms with E-state index < -0.39 is 0 Å². The minimum absolute atomic E-state index is 0.0713. The Hall–Kier alpha value is -0.680. The number of H-pyrrole nitrogens is 1. The van der Waals surface area contributed by atoms with Gasteiger partial charge < -0.3 is 9.67 Å². The topological polar surface area (TPSA) is 53.8 Å². The maximum atomic E-state index is 9.19. The fraction of sp³-hybridized carbons (Fsp3) is 0.833. The maximum Gasteiger partial charge on any atom is 0.195 e. The van der Waals surface area contributed by atoms with E-state index in [1.807, 2.05) is 4.57 Å². The second kappa shape index (κ2) is 6.31. The Morgan fingerprint density at radius 1 is 1.41 bits per heavy atom. The molecule has 0 amide bonds. The number of aromatic amines is 1. The van der Waals surface area contributed by atoms with Crippen molar-refractivity contribution in [3.63, 3.8) is 0 Å². The van der Waals surface area contributed by atoms with Gasteiger partial charge in [0.25, 0.3) is 0 Å². The molecule has 1 aromatic rings. The lowest BCUT2D eigenvalue weighted by Gasteiger charge is -2.25. The van der Waals surface area contributed by atoms with E-state index in [1.165, 1.54) is 25.7 Å². The summed E-state index contributed by atoms with van der Waals surface area (Å²) in [6.45, 7) is 7.42. The highest BCUT2D eigenvalue weighted by Gasteiger charge is 2.20. The summed E-state index contributed by atoms with van der Waals surface area (Å²) in [4.78, 5) is 0. The van der Waals surface area contributed by atoms with Crippen LogP contribution in [-0.4, -0.2) is 19.9 Å². The molecule has 0 aliphatic rings. The molecule has 0 aromatic carbocycles. The summed E-state index contributed by atoms with van der Waals surface area (Å²) >= 11 is 5.18. The van der Waals surface area contributed by atoms with E-state index in [0.29, 0.717) is 10.6 Å². The number of unbranched alkanes of at least 4 members (excludes halogenated alkanes) is 2. The van der Waals surface area contributed by atoms with Gasteiger partial charge in [-0.05, 0) is 24.1 Å². The van der Waals surface area contributed by atoms with Crippen LogP contribution in [0.5, 0.6) is 0 Å². The molecule has 0 saturated carbocycles. The molecule has 0 saturated heterocycles. The van der Waals surface area contributed by atoms with E-state index in [4.69, 9.17) is 12.2 Å². The molecular weight excluding hydrogens is 234 g/mol. The highest BCUT2D eigenvalue weighted by Crippen LogP contribution is 2.26. The van der Waals surface area contributed by atoms with Gasteiger partial charge in [-0.1, -0.05) is 40.0 Å². The molecule has 0 bridgehead atoms. The summed E-state index contributed by atoms with van der Waals surface area (Å²) < 4.78 is 2.50. The van der Waals surface area contributed by atoms with Crippen molar-refractivity contribution in [3.8, 4) is 0 Å². The number of hydrogen-bond acceptors (Lipinski definition) is 3. The number of aromatic nitrogens is 3. The van der Waals surface area contributed by atoms with Crippen molar-refractivity contribution >= 4 is 12.2 Å². The van der Waals surface area contributed by atoms with Crippen molar-refractivity contribution in [2.24, 2.45) is 5.41 Å². The van der Waals surface area contributed by atoms with Crippen LogP contribution in [0.25, 0.3) is 0 Å². The molecule has 5 heteroatoms. The molecule has 2 N–H and O–H groups in total. The molecule has 0 spiro atoms. The zero-order chi connectivity index (χ0) is 12.9. The number of hydrogen-bond donors (Lipinski definition) is 2. The summed E-state index contributed by atoms with van der Waals surface area (Å²) in [5.41, 5.74) is 0.182. The Kier molecular flexibility index (Phi) is 5.33. The van der Waals surface area contributed by atoms with Gasteiger partial charge in [0.15, 0.2) is 10.6 Å². The van der Waals surface area contributed by atoms with Crippen LogP contribution in [-0.2, 0) is 13.2 Å². The first kappa shape index (κ1) is 14.4. The number of nitrogens with zero attached hydrogens (tertiary/aromatic N) is 2. The first-order chi connectivity index (χ1) is 8.00. The summed E-state index contributed by atoms with van der Waals surface area (Å²) in [5.74, 6) is 0.624. The summed E-state index contributed by atoms with van der Waals surface area (Å²) in [6.07, 6.45) is 4.91. The second-order valence-electron chi connectivity index (χ2n) is 5.31. The van der Waals surface area contributed by atoms with Gasteiger partial charge in [-0.25, -0.2) is 0 Å². The molecule has 0 atom stereocenters. The van der Waals surface area contributed by atoms with Crippen LogP contribution in [0.3, 0.4) is 0 Å². The quantitative estimate of drug-likeness (QED) is 0.583. The van der Waals surface area contributed by atoms with Crippen molar-refractivity contribution in [1.82, 2.24) is 14.8 Å². The van der Waals surface area contributed by atoms with Crippen LogP contribution < -0.4 is 0 Å². The standard InChI is InChI=1S/C12H23N3OS/c1-4-5-6-7-12(2,3)9-15-10(8-16)13-14-11(15)17/h16H,4-9H2,1-3H3,(H,14,17). The highest BCUT2D eigenvalue weighted by molar-refractivity contribution is 7.71. The summed E-state index contributed by atoms with van der Waals surface area (Å²) in [7, 11) is 0. The second-order valence-corrected chi connectivity index (χ2v) is 5.70. The smallest absolute Gasteiger partial charge is 0.195 e. The van der Waals surface area contributed by atoms with Gasteiger partial charge in [-0.2, -0.15) is 5.10 Å². The van der Waals surface area contributed by atoms with E-state index >= 15 is 0 Å². The fourth-order valence-electron chi connectivity index (χ4n) is 1.99. The Balaban J connectivity index is 2.68. The molecule has 17 heavy (non-hydrogen) atoms. The molecule has 1 rings (SSSR count). The third kappa shape index (κ3) is 4.24. The lowest BCUT2D eigenvalue weighted by Crippen LogP contribution is -2.21. The number of rotatable bonds is 7. The minimum atomic E-state index is -0.0713. The van der Waals surface area contributed by atoms with Crippen molar-refractivity contribution < 1.29 is 5.11 Å². The van der Waals surface area contributed by atoms with E-state index in [9.17, 15) is 5.11 Å². The Morgan fingerprint density at radius 2 is 2.12 bits per heavy atom. The first-order valence-electron chi connectivity index (χ1n) is 6.25. The van der Waals surface area contributed by atoms with Gasteiger partial charge in [-0.3, -0.25) is 5.10 Å². The number of nitrogens with one attached hydrogen (secondary N) is 1. The monoisotopic (exact) mass is 257 g/mol. The average Bonchev–Trinajstić information content (AvgIpc) is 2.60. The molecule has 98 valence electrons. The third-order valence-electron chi connectivity index (χ3n) is 3.02. The van der Waals surface area contributed by atoms with Crippen LogP contribution in [0.2, 0.25) is 0 Å². The average molecular weight is 257 g/mol. The molecule has 4 nitrogen and oxygen atoms in total. The molecule has 0 fully saturated rings. The van der Waals surface area contributed by atoms with Gasteiger partial charge in [0.2, 0.25) is 0 Å². The minimum Gasteiger partial charge on any atom is -0.388 e. The van der Waals surface area contributed by atoms with Crippen LogP contribution >= 0.6 is 12.2 Å². The van der Waals surface area contributed by atoms with Crippen molar-refractivity contribution in [3.05, 3.63) is 10.6 Å². The van der Waals surface area contributed by atoms with Crippen molar-refractivity contribution in [1.29, 1.82) is 0 Å². The Bertz CT molecular complexity index is 395. The normalized spacial score (nSPS) is 12.0. The lowest BCUT2D eigenvalue weighted by atomic mass is 9.87. The third-order valence-corrected chi connectivity index (χ3v) is 3.33. The van der Waals surface area contributed by atoms with Gasteiger partial charge in [-0.15, -0.1) is 0 Å². The van der Waals surface area contributed by atoms with E-state index in [-0.39, 0.29) is 12.0 Å². The largest absolute Gasteiger partial charge is 0.388 e. The summed E-state index contributed by atoms with van der Waals surface area (Å²) in [5, 5.41) is 15.9. The lowest BCUT2D eigenvalue weighted by molar-refractivity contribution is 0.235. The van der Waals surface area contributed by atoms with Gasteiger partial charge in [0.05, 0.1) is 0 Å². The zero-order valence-corrected chi connectivity index (χ0v) is 11.8. The van der Waals surface area contributed by atoms with Gasteiger partial charge in [0.1, 0.15) is 6.61 Å². The molecular formula is C12H23N3OS. The number of aliphatic hydroxyl groups is 1.